The monoisotopic (exact) mass is 262 g/mol. The highest BCUT2D eigenvalue weighted by atomic mass is 16.3. The van der Waals surface area contributed by atoms with Crippen molar-refractivity contribution in [3.63, 3.8) is 0 Å². The fourth-order valence-corrected chi connectivity index (χ4v) is 2.82. The lowest BCUT2D eigenvalue weighted by Gasteiger charge is -2.27. The lowest BCUT2D eigenvalue weighted by Crippen LogP contribution is -2.40. The van der Waals surface area contributed by atoms with Gasteiger partial charge in [0.2, 0.25) is 0 Å². The summed E-state index contributed by atoms with van der Waals surface area (Å²) in [7, 11) is 0. The van der Waals surface area contributed by atoms with Gasteiger partial charge in [-0.1, -0.05) is 37.3 Å². The Kier molecular flexibility index (Phi) is 5.83. The van der Waals surface area contributed by atoms with E-state index in [0.717, 1.165) is 38.2 Å². The van der Waals surface area contributed by atoms with E-state index in [1.807, 2.05) is 30.3 Å². The largest absolute Gasteiger partial charge is 0.387 e. The standard InChI is InChI=1S/C16H26N2O/c1-2-11-18(12-15-9-6-10-17-15)13-16(19)14-7-4-3-5-8-14/h3-5,7-8,15-17,19H,2,6,9-13H2,1H3. The molecule has 0 bridgehead atoms. The third-order valence-electron chi connectivity index (χ3n) is 3.80. The van der Waals surface area contributed by atoms with Crippen molar-refractivity contribution in [2.75, 3.05) is 26.2 Å². The van der Waals surface area contributed by atoms with Crippen molar-refractivity contribution in [1.29, 1.82) is 0 Å². The van der Waals surface area contributed by atoms with Crippen LogP contribution in [0.3, 0.4) is 0 Å². The molecular weight excluding hydrogens is 236 g/mol. The zero-order valence-corrected chi connectivity index (χ0v) is 11.9. The van der Waals surface area contributed by atoms with Gasteiger partial charge in [-0.15, -0.1) is 0 Å². The Morgan fingerprint density at radius 3 is 2.79 bits per heavy atom. The molecule has 3 heteroatoms. The van der Waals surface area contributed by atoms with Crippen LogP contribution in [0.15, 0.2) is 30.3 Å². The van der Waals surface area contributed by atoms with Gasteiger partial charge in [-0.2, -0.15) is 0 Å². The van der Waals surface area contributed by atoms with E-state index in [4.69, 9.17) is 0 Å². The number of nitrogens with one attached hydrogen (secondary N) is 1. The molecular formula is C16H26N2O. The molecule has 19 heavy (non-hydrogen) atoms. The molecule has 3 nitrogen and oxygen atoms in total. The van der Waals surface area contributed by atoms with E-state index in [-0.39, 0.29) is 6.10 Å². The van der Waals surface area contributed by atoms with Crippen LogP contribution in [0.4, 0.5) is 0 Å². The number of nitrogens with zero attached hydrogens (tertiary/aromatic N) is 1. The highest BCUT2D eigenvalue weighted by Gasteiger charge is 2.19. The van der Waals surface area contributed by atoms with Crippen molar-refractivity contribution in [2.45, 2.75) is 38.3 Å². The van der Waals surface area contributed by atoms with E-state index in [2.05, 4.69) is 17.1 Å². The molecule has 1 aliphatic heterocycles. The van der Waals surface area contributed by atoms with E-state index in [9.17, 15) is 5.11 Å². The molecule has 2 N–H and O–H groups in total. The fourth-order valence-electron chi connectivity index (χ4n) is 2.82. The molecule has 106 valence electrons. The third-order valence-corrected chi connectivity index (χ3v) is 3.80. The van der Waals surface area contributed by atoms with Crippen LogP contribution in [0.25, 0.3) is 0 Å². The van der Waals surface area contributed by atoms with E-state index >= 15 is 0 Å². The molecule has 2 atom stereocenters. The van der Waals surface area contributed by atoms with Gasteiger partial charge in [0.05, 0.1) is 6.10 Å². The first kappa shape index (κ1) is 14.5. The second-order valence-corrected chi connectivity index (χ2v) is 5.48. The van der Waals surface area contributed by atoms with Crippen molar-refractivity contribution < 1.29 is 5.11 Å². The van der Waals surface area contributed by atoms with E-state index < -0.39 is 0 Å². The first-order valence-electron chi connectivity index (χ1n) is 7.48. The van der Waals surface area contributed by atoms with E-state index in [1.54, 1.807) is 0 Å². The lowest BCUT2D eigenvalue weighted by atomic mass is 10.1. The summed E-state index contributed by atoms with van der Waals surface area (Å²) in [4.78, 5) is 2.39. The number of hydrogen-bond acceptors (Lipinski definition) is 3. The number of aliphatic hydroxyl groups excluding tert-OH is 1. The van der Waals surface area contributed by atoms with Gasteiger partial charge in [-0.05, 0) is 37.9 Å². The zero-order chi connectivity index (χ0) is 13.5. The molecule has 1 saturated heterocycles. The highest BCUT2D eigenvalue weighted by Crippen LogP contribution is 2.15. The van der Waals surface area contributed by atoms with Gasteiger partial charge in [0.1, 0.15) is 0 Å². The zero-order valence-electron chi connectivity index (χ0n) is 11.9. The summed E-state index contributed by atoms with van der Waals surface area (Å²) in [5.41, 5.74) is 1.02. The summed E-state index contributed by atoms with van der Waals surface area (Å²) in [6.07, 6.45) is 3.30. The Hall–Kier alpha value is -0.900. The summed E-state index contributed by atoms with van der Waals surface area (Å²) >= 11 is 0. The van der Waals surface area contributed by atoms with Gasteiger partial charge >= 0.3 is 0 Å². The number of benzene rings is 1. The van der Waals surface area contributed by atoms with Crippen molar-refractivity contribution in [2.24, 2.45) is 0 Å². The van der Waals surface area contributed by atoms with Crippen molar-refractivity contribution >= 4 is 0 Å². The quantitative estimate of drug-likeness (QED) is 0.790. The Morgan fingerprint density at radius 2 is 2.16 bits per heavy atom. The molecule has 1 aromatic rings. The molecule has 2 rings (SSSR count). The molecule has 0 spiro atoms. The van der Waals surface area contributed by atoms with E-state index in [0.29, 0.717) is 6.04 Å². The van der Waals surface area contributed by atoms with Crippen LogP contribution >= 0.6 is 0 Å². The maximum absolute atomic E-state index is 10.3. The number of hydrogen-bond donors (Lipinski definition) is 2. The summed E-state index contributed by atoms with van der Waals surface area (Å²) in [6.45, 7) is 6.19. The predicted molar refractivity (Wildman–Crippen MR) is 79.2 cm³/mol. The van der Waals surface area contributed by atoms with Gasteiger partial charge in [0.25, 0.3) is 0 Å². The first-order chi connectivity index (χ1) is 9.29. The minimum Gasteiger partial charge on any atom is -0.387 e. The molecule has 1 fully saturated rings. The summed E-state index contributed by atoms with van der Waals surface area (Å²) in [6, 6.07) is 10.6. The second kappa shape index (κ2) is 7.63. The smallest absolute Gasteiger partial charge is 0.0916 e. The fraction of sp³-hybridized carbons (Fsp3) is 0.625. The SMILES string of the molecule is CCCN(CC1CCCN1)CC(O)c1ccccc1. The maximum atomic E-state index is 10.3. The molecule has 1 aliphatic rings. The van der Waals surface area contributed by atoms with Crippen LogP contribution < -0.4 is 5.32 Å². The molecule has 0 aromatic heterocycles. The molecule has 2 unspecified atom stereocenters. The van der Waals surface area contributed by atoms with Crippen LogP contribution in [0.1, 0.15) is 37.9 Å². The Morgan fingerprint density at radius 1 is 1.37 bits per heavy atom. The van der Waals surface area contributed by atoms with Crippen LogP contribution in [-0.4, -0.2) is 42.2 Å². The van der Waals surface area contributed by atoms with Crippen LogP contribution in [0.5, 0.6) is 0 Å². The summed E-state index contributed by atoms with van der Waals surface area (Å²) < 4.78 is 0. The number of aliphatic hydroxyl groups is 1. The molecule has 0 amide bonds. The Bertz CT molecular complexity index is 349. The number of rotatable bonds is 7. The minimum absolute atomic E-state index is 0.380. The van der Waals surface area contributed by atoms with Gasteiger partial charge in [0, 0.05) is 19.1 Å². The predicted octanol–water partition coefficient (Wildman–Crippen LogP) is 2.18. The second-order valence-electron chi connectivity index (χ2n) is 5.48. The van der Waals surface area contributed by atoms with Crippen LogP contribution in [0, 0.1) is 0 Å². The lowest BCUT2D eigenvalue weighted by molar-refractivity contribution is 0.108. The van der Waals surface area contributed by atoms with Crippen molar-refractivity contribution in [3.8, 4) is 0 Å². The first-order valence-corrected chi connectivity index (χ1v) is 7.48. The average molecular weight is 262 g/mol. The van der Waals surface area contributed by atoms with Gasteiger partial charge in [0.15, 0.2) is 0 Å². The minimum atomic E-state index is -0.380. The molecule has 0 saturated carbocycles. The third kappa shape index (κ3) is 4.60. The summed E-state index contributed by atoms with van der Waals surface area (Å²) in [5.74, 6) is 0. The molecule has 1 aromatic carbocycles. The highest BCUT2D eigenvalue weighted by molar-refractivity contribution is 5.17. The maximum Gasteiger partial charge on any atom is 0.0916 e. The van der Waals surface area contributed by atoms with Gasteiger partial charge < -0.3 is 10.4 Å². The van der Waals surface area contributed by atoms with Gasteiger partial charge in [-0.3, -0.25) is 4.90 Å². The van der Waals surface area contributed by atoms with Gasteiger partial charge in [-0.25, -0.2) is 0 Å². The normalized spacial score (nSPS) is 20.9. The molecule has 0 aliphatic carbocycles. The van der Waals surface area contributed by atoms with E-state index in [1.165, 1.54) is 12.8 Å². The summed E-state index contributed by atoms with van der Waals surface area (Å²) in [5, 5.41) is 13.9. The van der Waals surface area contributed by atoms with Crippen LogP contribution in [-0.2, 0) is 0 Å². The molecule has 0 radical (unpaired) electrons. The Balaban J connectivity index is 1.88. The Labute approximate surface area is 116 Å². The van der Waals surface area contributed by atoms with Crippen molar-refractivity contribution in [1.82, 2.24) is 10.2 Å². The topological polar surface area (TPSA) is 35.5 Å². The van der Waals surface area contributed by atoms with Crippen molar-refractivity contribution in [3.05, 3.63) is 35.9 Å². The molecule has 1 heterocycles. The van der Waals surface area contributed by atoms with Crippen LogP contribution in [0.2, 0.25) is 0 Å². The average Bonchev–Trinajstić information content (AvgIpc) is 2.93.